The van der Waals surface area contributed by atoms with Crippen molar-refractivity contribution in [2.24, 2.45) is 0 Å². The molecule has 0 unspecified atom stereocenters. The second-order valence-corrected chi connectivity index (χ2v) is 6.80. The van der Waals surface area contributed by atoms with Crippen molar-refractivity contribution in [3.8, 4) is 11.5 Å². The summed E-state index contributed by atoms with van der Waals surface area (Å²) in [5.41, 5.74) is 1.94. The summed E-state index contributed by atoms with van der Waals surface area (Å²) in [6.07, 6.45) is 6.39. The summed E-state index contributed by atoms with van der Waals surface area (Å²) < 4.78 is 10.5. The molecule has 3 N–H and O–H groups in total. The van der Waals surface area contributed by atoms with Gasteiger partial charge in [-0.3, -0.25) is 4.79 Å². The van der Waals surface area contributed by atoms with Gasteiger partial charge in [0.1, 0.15) is 23.8 Å². The Labute approximate surface area is 186 Å². The summed E-state index contributed by atoms with van der Waals surface area (Å²) in [7, 11) is 3.15. The zero-order valence-corrected chi connectivity index (χ0v) is 18.3. The van der Waals surface area contributed by atoms with Crippen LogP contribution in [0.2, 0.25) is 0 Å². The quantitative estimate of drug-likeness (QED) is 0.330. The van der Waals surface area contributed by atoms with Crippen LogP contribution >= 0.6 is 0 Å². The fraction of sp³-hybridized carbons (Fsp3) is 0.217. The first-order valence-corrected chi connectivity index (χ1v) is 10.0. The van der Waals surface area contributed by atoms with Crippen LogP contribution < -0.4 is 25.4 Å². The van der Waals surface area contributed by atoms with Gasteiger partial charge >= 0.3 is 0 Å². The highest BCUT2D eigenvalue weighted by Gasteiger charge is 2.04. The average Bonchev–Trinajstić information content (AvgIpc) is 2.80. The maximum atomic E-state index is 12.1. The number of methoxy groups -OCH3 is 2. The number of ether oxygens (including phenoxy) is 2. The van der Waals surface area contributed by atoms with E-state index in [0.29, 0.717) is 42.0 Å². The first-order valence-electron chi connectivity index (χ1n) is 10.0. The van der Waals surface area contributed by atoms with Crippen LogP contribution in [0.5, 0.6) is 11.5 Å². The second-order valence-electron chi connectivity index (χ2n) is 6.80. The minimum absolute atomic E-state index is 0.197. The van der Waals surface area contributed by atoms with E-state index in [4.69, 9.17) is 9.47 Å². The lowest BCUT2D eigenvalue weighted by atomic mass is 10.2. The third kappa shape index (κ3) is 6.69. The van der Waals surface area contributed by atoms with Gasteiger partial charge in [-0.15, -0.1) is 0 Å². The number of rotatable bonds is 10. The highest BCUT2D eigenvalue weighted by Crippen LogP contribution is 2.27. The number of aryl methyl sites for hydroxylation is 1. The van der Waals surface area contributed by atoms with Crippen LogP contribution in [-0.2, 0) is 4.79 Å². The summed E-state index contributed by atoms with van der Waals surface area (Å²) in [6, 6.07) is 11.1. The molecular formula is C23H26N6O3. The van der Waals surface area contributed by atoms with Gasteiger partial charge in [-0.1, -0.05) is 6.07 Å². The minimum atomic E-state index is -0.197. The van der Waals surface area contributed by atoms with E-state index in [1.807, 2.05) is 25.1 Å². The van der Waals surface area contributed by atoms with Gasteiger partial charge in [0.05, 0.1) is 14.2 Å². The topological polar surface area (TPSA) is 110 Å². The fourth-order valence-electron chi connectivity index (χ4n) is 2.82. The van der Waals surface area contributed by atoms with Crippen molar-refractivity contribution >= 4 is 29.4 Å². The summed E-state index contributed by atoms with van der Waals surface area (Å²) in [5, 5.41) is 9.12. The molecule has 9 heteroatoms. The van der Waals surface area contributed by atoms with Gasteiger partial charge in [-0.25, -0.2) is 15.0 Å². The molecule has 0 atom stereocenters. The van der Waals surface area contributed by atoms with Crippen LogP contribution in [0, 0.1) is 6.92 Å². The number of aromatic nitrogens is 3. The van der Waals surface area contributed by atoms with Crippen LogP contribution in [0.25, 0.3) is 6.08 Å². The molecule has 2 aromatic heterocycles. The summed E-state index contributed by atoms with van der Waals surface area (Å²) in [6.45, 7) is 2.94. The molecule has 0 radical (unpaired) electrons. The van der Waals surface area contributed by atoms with Crippen LogP contribution in [0.1, 0.15) is 11.1 Å². The van der Waals surface area contributed by atoms with E-state index in [2.05, 4.69) is 30.9 Å². The SMILES string of the molecule is COc1ccc(/C=C/C(=O)NCCNc2cc(Nc3cc(C)ccn3)ncn2)cc1OC. The number of amides is 1. The number of nitrogens with one attached hydrogen (secondary N) is 3. The summed E-state index contributed by atoms with van der Waals surface area (Å²) in [4.78, 5) is 24.7. The number of hydrogen-bond acceptors (Lipinski definition) is 8. The van der Waals surface area contributed by atoms with E-state index in [9.17, 15) is 4.79 Å². The van der Waals surface area contributed by atoms with Crippen LogP contribution in [0.4, 0.5) is 17.5 Å². The van der Waals surface area contributed by atoms with Crippen LogP contribution in [-0.4, -0.2) is 48.2 Å². The van der Waals surface area contributed by atoms with Gasteiger partial charge in [0.2, 0.25) is 5.91 Å². The third-order valence-electron chi connectivity index (χ3n) is 4.40. The molecule has 3 aromatic rings. The smallest absolute Gasteiger partial charge is 0.244 e. The molecule has 0 spiro atoms. The first kappa shape index (κ1) is 22.5. The predicted octanol–water partition coefficient (Wildman–Crippen LogP) is 3.18. The number of pyridine rings is 1. The predicted molar refractivity (Wildman–Crippen MR) is 124 cm³/mol. The van der Waals surface area contributed by atoms with Gasteiger partial charge in [0.25, 0.3) is 0 Å². The highest BCUT2D eigenvalue weighted by molar-refractivity contribution is 5.91. The van der Waals surface area contributed by atoms with E-state index in [-0.39, 0.29) is 5.91 Å². The Balaban J connectivity index is 1.45. The van der Waals surface area contributed by atoms with E-state index < -0.39 is 0 Å². The number of carbonyl (C=O) groups is 1. The van der Waals surface area contributed by atoms with Crippen molar-refractivity contribution in [2.45, 2.75) is 6.92 Å². The number of nitrogens with zero attached hydrogens (tertiary/aromatic N) is 3. The number of hydrogen-bond donors (Lipinski definition) is 3. The van der Waals surface area contributed by atoms with E-state index >= 15 is 0 Å². The van der Waals surface area contributed by atoms with Crippen molar-refractivity contribution < 1.29 is 14.3 Å². The zero-order chi connectivity index (χ0) is 22.8. The lowest BCUT2D eigenvalue weighted by Crippen LogP contribution is -2.27. The molecule has 3 rings (SSSR count). The van der Waals surface area contributed by atoms with Gasteiger partial charge in [-0.05, 0) is 48.4 Å². The normalized spacial score (nSPS) is 10.6. The molecule has 0 saturated heterocycles. The highest BCUT2D eigenvalue weighted by atomic mass is 16.5. The molecule has 0 aliphatic rings. The largest absolute Gasteiger partial charge is 0.493 e. The molecule has 0 saturated carbocycles. The summed E-state index contributed by atoms with van der Waals surface area (Å²) >= 11 is 0. The third-order valence-corrected chi connectivity index (χ3v) is 4.40. The maximum Gasteiger partial charge on any atom is 0.244 e. The second kappa shape index (κ2) is 11.3. The van der Waals surface area contributed by atoms with Crippen LogP contribution in [0.3, 0.4) is 0 Å². The Morgan fingerprint density at radius 2 is 1.72 bits per heavy atom. The monoisotopic (exact) mass is 434 g/mol. The fourth-order valence-corrected chi connectivity index (χ4v) is 2.82. The Hall–Kier alpha value is -4.14. The molecule has 32 heavy (non-hydrogen) atoms. The van der Waals surface area contributed by atoms with Crippen LogP contribution in [0.15, 0.2) is 55.0 Å². The molecule has 166 valence electrons. The number of benzene rings is 1. The molecule has 0 fully saturated rings. The standard InChI is InChI=1S/C23H26N6O3/c1-16-8-9-24-21(12-16)29-22-14-20(27-15-28-22)25-10-11-26-23(30)7-5-17-4-6-18(31-2)19(13-17)32-3/h4-9,12-15H,10-11H2,1-3H3,(H,26,30)(H2,24,25,27,28,29)/b7-5+. The van der Waals surface area contributed by atoms with E-state index in [1.54, 1.807) is 44.7 Å². The van der Waals surface area contributed by atoms with Gasteiger partial charge < -0.3 is 25.4 Å². The first-order chi connectivity index (χ1) is 15.6. The van der Waals surface area contributed by atoms with Gasteiger partial charge in [0.15, 0.2) is 11.5 Å². The molecule has 2 heterocycles. The maximum absolute atomic E-state index is 12.1. The Kier molecular flexibility index (Phi) is 7.96. The molecule has 0 aliphatic carbocycles. The Bertz CT molecular complexity index is 1090. The van der Waals surface area contributed by atoms with E-state index in [1.165, 1.54) is 12.4 Å². The number of carbonyl (C=O) groups excluding carboxylic acids is 1. The number of anilines is 3. The van der Waals surface area contributed by atoms with Gasteiger partial charge in [-0.2, -0.15) is 0 Å². The van der Waals surface area contributed by atoms with Crippen molar-refractivity contribution in [3.05, 3.63) is 66.1 Å². The summed E-state index contributed by atoms with van der Waals surface area (Å²) in [5.74, 6) is 3.03. The van der Waals surface area contributed by atoms with Crippen molar-refractivity contribution in [2.75, 3.05) is 37.9 Å². The molecule has 1 amide bonds. The van der Waals surface area contributed by atoms with Gasteiger partial charge in [0, 0.05) is 31.4 Å². The Morgan fingerprint density at radius 1 is 0.938 bits per heavy atom. The van der Waals surface area contributed by atoms with Crippen molar-refractivity contribution in [3.63, 3.8) is 0 Å². The average molecular weight is 435 g/mol. The Morgan fingerprint density at radius 3 is 2.50 bits per heavy atom. The molecular weight excluding hydrogens is 408 g/mol. The molecule has 0 bridgehead atoms. The minimum Gasteiger partial charge on any atom is -0.493 e. The molecule has 9 nitrogen and oxygen atoms in total. The van der Waals surface area contributed by atoms with Crippen molar-refractivity contribution in [1.29, 1.82) is 0 Å². The lowest BCUT2D eigenvalue weighted by Gasteiger charge is -2.09. The molecule has 0 aliphatic heterocycles. The molecule has 1 aromatic carbocycles. The van der Waals surface area contributed by atoms with E-state index in [0.717, 1.165) is 11.1 Å². The zero-order valence-electron chi connectivity index (χ0n) is 18.3. The van der Waals surface area contributed by atoms with Crippen molar-refractivity contribution in [1.82, 2.24) is 20.3 Å². The lowest BCUT2D eigenvalue weighted by molar-refractivity contribution is -0.116.